The fourth-order valence-corrected chi connectivity index (χ4v) is 3.84. The van der Waals surface area contributed by atoms with Gasteiger partial charge in [0.25, 0.3) is 0 Å². The monoisotopic (exact) mass is 239 g/mol. The molecule has 1 saturated heterocycles. The van der Waals surface area contributed by atoms with E-state index in [-0.39, 0.29) is 11.2 Å². The minimum atomic E-state index is 0.138. The first-order valence-corrected chi connectivity index (χ1v) is 7.65. The third-order valence-electron chi connectivity index (χ3n) is 4.50. The van der Waals surface area contributed by atoms with Gasteiger partial charge in [-0.25, -0.2) is 0 Å². The summed E-state index contributed by atoms with van der Waals surface area (Å²) in [5, 5.41) is 3.68. The molecule has 1 saturated carbocycles. The Balaban J connectivity index is 2.06. The lowest BCUT2D eigenvalue weighted by Gasteiger charge is -2.50. The lowest BCUT2D eigenvalue weighted by molar-refractivity contribution is -0.197. The predicted molar refractivity (Wildman–Crippen MR) is 72.3 cm³/mol. The molecule has 2 heteroatoms. The van der Waals surface area contributed by atoms with Gasteiger partial charge >= 0.3 is 0 Å². The van der Waals surface area contributed by atoms with Crippen molar-refractivity contribution in [1.82, 2.24) is 5.32 Å². The van der Waals surface area contributed by atoms with Gasteiger partial charge in [-0.3, -0.25) is 0 Å². The van der Waals surface area contributed by atoms with Crippen molar-refractivity contribution in [3.05, 3.63) is 0 Å². The molecular formula is C15H29NO. The third-order valence-corrected chi connectivity index (χ3v) is 4.50. The van der Waals surface area contributed by atoms with Crippen molar-refractivity contribution < 1.29 is 4.74 Å². The molecule has 1 spiro atoms. The summed E-state index contributed by atoms with van der Waals surface area (Å²) < 4.78 is 6.72. The molecule has 0 unspecified atom stereocenters. The maximum atomic E-state index is 6.72. The van der Waals surface area contributed by atoms with Gasteiger partial charge in [-0.05, 0) is 25.7 Å². The van der Waals surface area contributed by atoms with Crippen molar-refractivity contribution in [2.24, 2.45) is 0 Å². The zero-order valence-electron chi connectivity index (χ0n) is 11.7. The zero-order chi connectivity index (χ0) is 12.2. The average molecular weight is 239 g/mol. The minimum Gasteiger partial charge on any atom is -0.366 e. The first kappa shape index (κ1) is 13.4. The smallest absolute Gasteiger partial charge is 0.0814 e. The molecule has 2 aliphatic rings. The zero-order valence-corrected chi connectivity index (χ0v) is 11.7. The Kier molecular flexibility index (Phi) is 4.48. The molecule has 0 aromatic carbocycles. The molecule has 100 valence electrons. The lowest BCUT2D eigenvalue weighted by Crippen LogP contribution is -2.61. The van der Waals surface area contributed by atoms with Crippen LogP contribution >= 0.6 is 0 Å². The molecule has 2 rings (SSSR count). The van der Waals surface area contributed by atoms with Crippen LogP contribution in [0.5, 0.6) is 0 Å². The maximum Gasteiger partial charge on any atom is 0.0814 e. The van der Waals surface area contributed by atoms with Gasteiger partial charge < -0.3 is 10.1 Å². The highest BCUT2D eigenvalue weighted by molar-refractivity contribution is 4.97. The molecule has 17 heavy (non-hydrogen) atoms. The molecule has 0 radical (unpaired) electrons. The van der Waals surface area contributed by atoms with Gasteiger partial charge in [0.15, 0.2) is 0 Å². The van der Waals surface area contributed by atoms with Crippen LogP contribution in [0, 0.1) is 0 Å². The summed E-state index contributed by atoms with van der Waals surface area (Å²) in [6.45, 7) is 6.71. The maximum absolute atomic E-state index is 6.72. The van der Waals surface area contributed by atoms with Crippen molar-refractivity contribution in [3.8, 4) is 0 Å². The quantitative estimate of drug-likeness (QED) is 0.808. The second kappa shape index (κ2) is 5.71. The molecule has 2 fully saturated rings. The van der Waals surface area contributed by atoms with Gasteiger partial charge in [0.1, 0.15) is 0 Å². The van der Waals surface area contributed by atoms with Gasteiger partial charge in [0.2, 0.25) is 0 Å². The van der Waals surface area contributed by atoms with Crippen LogP contribution in [-0.4, -0.2) is 24.3 Å². The van der Waals surface area contributed by atoms with E-state index in [9.17, 15) is 0 Å². The van der Waals surface area contributed by atoms with Crippen molar-refractivity contribution in [3.63, 3.8) is 0 Å². The normalized spacial score (nSPS) is 27.2. The Morgan fingerprint density at radius 3 is 2.18 bits per heavy atom. The number of ether oxygens (including phenoxy) is 1. The Hall–Kier alpha value is -0.0800. The predicted octanol–water partition coefficient (Wildman–Crippen LogP) is 3.65. The third kappa shape index (κ3) is 3.03. The highest BCUT2D eigenvalue weighted by Gasteiger charge is 2.44. The number of hydrogen-bond acceptors (Lipinski definition) is 2. The van der Waals surface area contributed by atoms with Crippen LogP contribution in [0.3, 0.4) is 0 Å². The standard InChI is InChI=1S/C15H29NO/c1-3-8-14(9-4-2)12-16-13-15(17-14)10-6-5-7-11-15/h16H,3-13H2,1-2H3. The van der Waals surface area contributed by atoms with Gasteiger partial charge in [-0.2, -0.15) is 0 Å². The minimum absolute atomic E-state index is 0.138. The molecule has 1 aliphatic heterocycles. The highest BCUT2D eigenvalue weighted by Crippen LogP contribution is 2.40. The van der Waals surface area contributed by atoms with E-state index < -0.39 is 0 Å². The van der Waals surface area contributed by atoms with Gasteiger partial charge in [0, 0.05) is 13.1 Å². The summed E-state index contributed by atoms with van der Waals surface area (Å²) >= 11 is 0. The van der Waals surface area contributed by atoms with Crippen LogP contribution in [-0.2, 0) is 4.74 Å². The van der Waals surface area contributed by atoms with E-state index in [0.717, 1.165) is 13.1 Å². The summed E-state index contributed by atoms with van der Waals surface area (Å²) in [6, 6.07) is 0. The summed E-state index contributed by atoms with van der Waals surface area (Å²) in [6.07, 6.45) is 11.6. The van der Waals surface area contributed by atoms with Crippen molar-refractivity contribution in [2.75, 3.05) is 13.1 Å². The second-order valence-electron chi connectivity index (χ2n) is 6.13. The molecule has 1 N–H and O–H groups in total. The van der Waals surface area contributed by atoms with Crippen molar-refractivity contribution in [1.29, 1.82) is 0 Å². The summed E-state index contributed by atoms with van der Waals surface area (Å²) in [5.74, 6) is 0. The number of nitrogens with one attached hydrogen (secondary N) is 1. The Bertz CT molecular complexity index is 216. The summed E-state index contributed by atoms with van der Waals surface area (Å²) in [4.78, 5) is 0. The average Bonchev–Trinajstić information content (AvgIpc) is 2.30. The topological polar surface area (TPSA) is 21.3 Å². The Labute approximate surface area is 107 Å². The lowest BCUT2D eigenvalue weighted by atomic mass is 9.80. The van der Waals surface area contributed by atoms with Crippen LogP contribution in [0.4, 0.5) is 0 Å². The first-order valence-electron chi connectivity index (χ1n) is 7.65. The SMILES string of the molecule is CCCC1(CCC)CNCC2(CCCCC2)O1. The second-order valence-corrected chi connectivity index (χ2v) is 6.13. The van der Waals surface area contributed by atoms with E-state index in [0.29, 0.717) is 0 Å². The van der Waals surface area contributed by atoms with Crippen molar-refractivity contribution >= 4 is 0 Å². The molecule has 0 aromatic heterocycles. The molecule has 0 bridgehead atoms. The van der Waals surface area contributed by atoms with E-state index in [1.807, 2.05) is 0 Å². The van der Waals surface area contributed by atoms with E-state index in [2.05, 4.69) is 19.2 Å². The van der Waals surface area contributed by atoms with E-state index in [1.54, 1.807) is 0 Å². The Morgan fingerprint density at radius 1 is 0.941 bits per heavy atom. The fourth-order valence-electron chi connectivity index (χ4n) is 3.84. The van der Waals surface area contributed by atoms with E-state index in [1.165, 1.54) is 57.8 Å². The van der Waals surface area contributed by atoms with Crippen LogP contribution in [0.2, 0.25) is 0 Å². The Morgan fingerprint density at radius 2 is 1.59 bits per heavy atom. The van der Waals surface area contributed by atoms with Crippen LogP contribution in [0.15, 0.2) is 0 Å². The van der Waals surface area contributed by atoms with Crippen LogP contribution in [0.1, 0.15) is 71.6 Å². The number of rotatable bonds is 4. The largest absolute Gasteiger partial charge is 0.366 e. The van der Waals surface area contributed by atoms with E-state index in [4.69, 9.17) is 4.74 Å². The molecule has 0 amide bonds. The number of morpholine rings is 1. The van der Waals surface area contributed by atoms with Gasteiger partial charge in [-0.15, -0.1) is 0 Å². The number of hydrogen-bond donors (Lipinski definition) is 1. The molecular weight excluding hydrogens is 210 g/mol. The van der Waals surface area contributed by atoms with Gasteiger partial charge in [-0.1, -0.05) is 46.0 Å². The van der Waals surface area contributed by atoms with Crippen LogP contribution in [0.25, 0.3) is 0 Å². The highest BCUT2D eigenvalue weighted by atomic mass is 16.5. The molecule has 0 aromatic rings. The van der Waals surface area contributed by atoms with Crippen LogP contribution < -0.4 is 5.32 Å². The van der Waals surface area contributed by atoms with Crippen molar-refractivity contribution in [2.45, 2.75) is 82.8 Å². The van der Waals surface area contributed by atoms with Gasteiger partial charge in [0.05, 0.1) is 11.2 Å². The first-order chi connectivity index (χ1) is 8.24. The molecule has 0 atom stereocenters. The molecule has 2 nitrogen and oxygen atoms in total. The summed E-state index contributed by atoms with van der Waals surface area (Å²) in [5.41, 5.74) is 0.319. The molecule has 1 aliphatic carbocycles. The fraction of sp³-hybridized carbons (Fsp3) is 1.00. The summed E-state index contributed by atoms with van der Waals surface area (Å²) in [7, 11) is 0. The van der Waals surface area contributed by atoms with E-state index >= 15 is 0 Å². The molecule has 1 heterocycles.